The zero-order chi connectivity index (χ0) is 16.8. The summed E-state index contributed by atoms with van der Waals surface area (Å²) in [5.41, 5.74) is 0.371. The highest BCUT2D eigenvalue weighted by Gasteiger charge is 2.32. The third kappa shape index (κ3) is 5.02. The van der Waals surface area contributed by atoms with E-state index in [0.717, 1.165) is 0 Å². The second-order valence-corrected chi connectivity index (χ2v) is 5.78. The summed E-state index contributed by atoms with van der Waals surface area (Å²) in [6.07, 6.45) is 1.10. The van der Waals surface area contributed by atoms with Crippen molar-refractivity contribution < 1.29 is 18.6 Å². The highest BCUT2D eigenvalue weighted by Crippen LogP contribution is 2.14. The maximum atomic E-state index is 13.3. The van der Waals surface area contributed by atoms with E-state index in [1.165, 1.54) is 36.9 Å². The van der Waals surface area contributed by atoms with Gasteiger partial charge in [-0.3, -0.25) is 14.6 Å². The van der Waals surface area contributed by atoms with E-state index in [1.54, 1.807) is 0 Å². The zero-order valence-corrected chi connectivity index (χ0v) is 13.2. The molecule has 1 fully saturated rings. The third-order valence-corrected chi connectivity index (χ3v) is 3.36. The van der Waals surface area contributed by atoms with Crippen LogP contribution < -0.4 is 5.32 Å². The summed E-state index contributed by atoms with van der Waals surface area (Å²) in [6.45, 7) is 4.14. The molecule has 1 aliphatic heterocycles. The first-order valence-electron chi connectivity index (χ1n) is 7.60. The monoisotopic (exact) mass is 320 g/mol. The molecule has 123 valence electrons. The summed E-state index contributed by atoms with van der Waals surface area (Å²) in [4.78, 5) is 29.9. The highest BCUT2D eigenvalue weighted by molar-refractivity contribution is 6.29. The van der Waals surface area contributed by atoms with E-state index in [2.05, 4.69) is 10.3 Å². The molecule has 0 bridgehead atoms. The van der Waals surface area contributed by atoms with Gasteiger partial charge in [0.2, 0.25) is 0 Å². The molecule has 1 aromatic rings. The summed E-state index contributed by atoms with van der Waals surface area (Å²) < 4.78 is 18.7. The first-order chi connectivity index (χ1) is 11.0. The van der Waals surface area contributed by atoms with Gasteiger partial charge in [0.1, 0.15) is 6.17 Å². The van der Waals surface area contributed by atoms with Gasteiger partial charge in [-0.05, 0) is 24.4 Å². The molecule has 1 saturated heterocycles. The quantitative estimate of drug-likeness (QED) is 0.631. The fourth-order valence-electron chi connectivity index (χ4n) is 2.18. The van der Waals surface area contributed by atoms with Crippen LogP contribution in [-0.4, -0.2) is 54.7 Å². The van der Waals surface area contributed by atoms with Gasteiger partial charge in [0.25, 0.3) is 19.3 Å². The Bertz CT molecular complexity index is 544. The van der Waals surface area contributed by atoms with E-state index < -0.39 is 24.2 Å². The van der Waals surface area contributed by atoms with Crippen molar-refractivity contribution in [2.24, 2.45) is 0 Å². The Morgan fingerprint density at radius 3 is 2.70 bits per heavy atom. The van der Waals surface area contributed by atoms with Gasteiger partial charge in [0, 0.05) is 24.5 Å². The van der Waals surface area contributed by atoms with Crippen LogP contribution in [0.2, 0.25) is 5.82 Å². The molecule has 0 saturated carbocycles. The molecule has 1 N–H and O–H groups in total. The van der Waals surface area contributed by atoms with Crippen LogP contribution in [0.5, 0.6) is 0 Å². The maximum Gasteiger partial charge on any atom is 0.298 e. The Morgan fingerprint density at radius 2 is 2.13 bits per heavy atom. The first-order valence-corrected chi connectivity index (χ1v) is 7.60. The number of nitrogens with one attached hydrogen (secondary N) is 1. The Morgan fingerprint density at radius 1 is 1.43 bits per heavy atom. The number of pyridine rings is 1. The minimum Gasteiger partial charge on any atom is -0.415 e. The van der Waals surface area contributed by atoms with Crippen molar-refractivity contribution in [2.45, 2.75) is 38.5 Å². The molecule has 23 heavy (non-hydrogen) atoms. The Balaban J connectivity index is 2.04. The third-order valence-electron chi connectivity index (χ3n) is 3.36. The van der Waals surface area contributed by atoms with Crippen LogP contribution in [0.4, 0.5) is 4.39 Å². The maximum absolute atomic E-state index is 13.3. The van der Waals surface area contributed by atoms with Crippen LogP contribution in [-0.2, 0) is 9.45 Å². The molecule has 0 aliphatic carbocycles. The molecular weight excluding hydrogens is 300 g/mol. The van der Waals surface area contributed by atoms with Crippen molar-refractivity contribution in [1.29, 1.82) is 0 Å². The van der Waals surface area contributed by atoms with Crippen LogP contribution >= 0.6 is 0 Å². The highest BCUT2D eigenvalue weighted by atomic mass is 19.1. The van der Waals surface area contributed by atoms with E-state index in [9.17, 15) is 14.0 Å². The number of alkyl halides is 1. The number of rotatable bonds is 6. The van der Waals surface area contributed by atoms with Crippen molar-refractivity contribution in [3.05, 3.63) is 30.1 Å². The summed E-state index contributed by atoms with van der Waals surface area (Å²) >= 11 is 0. The minimum absolute atomic E-state index is 0.0332. The number of aromatic nitrogens is 1. The van der Waals surface area contributed by atoms with Crippen molar-refractivity contribution >= 4 is 19.3 Å². The molecule has 8 heteroatoms. The lowest BCUT2D eigenvalue weighted by Gasteiger charge is -2.24. The molecule has 1 radical (unpaired) electrons. The standard InChI is InChI=1S/C15H20BFN3O3/c1-10(2)16-23-14(15(22)20-8-5-12(17)9-20)19-13(21)11-3-6-18-7-4-11/h3-4,6-7,10,12,14H,5,8-9H2,1-2H3,(H,19,21). The Kier molecular flexibility index (Phi) is 6.09. The number of amides is 2. The lowest BCUT2D eigenvalue weighted by molar-refractivity contribution is -0.138. The summed E-state index contributed by atoms with van der Waals surface area (Å²) in [5.74, 6) is -0.806. The average Bonchev–Trinajstić information content (AvgIpc) is 2.97. The number of likely N-dealkylation sites (tertiary alicyclic amines) is 1. The van der Waals surface area contributed by atoms with Crippen LogP contribution in [0.15, 0.2) is 24.5 Å². The number of hydrogen-bond donors (Lipinski definition) is 1. The van der Waals surface area contributed by atoms with Crippen molar-refractivity contribution in [2.75, 3.05) is 13.1 Å². The predicted molar refractivity (Wildman–Crippen MR) is 83.5 cm³/mol. The average molecular weight is 320 g/mol. The van der Waals surface area contributed by atoms with Crippen LogP contribution in [0.3, 0.4) is 0 Å². The normalized spacial score (nSPS) is 18.8. The molecule has 1 aliphatic rings. The number of hydrogen-bond acceptors (Lipinski definition) is 4. The number of nitrogens with zero attached hydrogens (tertiary/aromatic N) is 2. The molecule has 2 amide bonds. The molecule has 2 atom stereocenters. The first kappa shape index (κ1) is 17.4. The van der Waals surface area contributed by atoms with Crippen molar-refractivity contribution in [3.63, 3.8) is 0 Å². The molecule has 1 aromatic heterocycles. The number of carbonyl (C=O) groups excluding carboxylic acids is 2. The van der Waals surface area contributed by atoms with Crippen LogP contribution in [0, 0.1) is 0 Å². The van der Waals surface area contributed by atoms with Gasteiger partial charge in [-0.2, -0.15) is 0 Å². The fraction of sp³-hybridized carbons (Fsp3) is 0.533. The van der Waals surface area contributed by atoms with Gasteiger partial charge in [-0.15, -0.1) is 0 Å². The summed E-state index contributed by atoms with van der Waals surface area (Å²) in [6, 6.07) is 3.08. The van der Waals surface area contributed by atoms with E-state index >= 15 is 0 Å². The molecule has 6 nitrogen and oxygen atoms in total. The number of halogens is 1. The molecule has 2 unspecified atom stereocenters. The molecule has 2 heterocycles. The smallest absolute Gasteiger partial charge is 0.298 e. The predicted octanol–water partition coefficient (Wildman–Crippen LogP) is 1.17. The van der Waals surface area contributed by atoms with Gasteiger partial charge >= 0.3 is 0 Å². The fourth-order valence-corrected chi connectivity index (χ4v) is 2.18. The van der Waals surface area contributed by atoms with E-state index in [4.69, 9.17) is 4.65 Å². The summed E-state index contributed by atoms with van der Waals surface area (Å²) in [5, 5.41) is 2.55. The van der Waals surface area contributed by atoms with E-state index in [1.807, 2.05) is 13.8 Å². The largest absolute Gasteiger partial charge is 0.415 e. The van der Waals surface area contributed by atoms with Gasteiger partial charge < -0.3 is 14.9 Å². The second-order valence-electron chi connectivity index (χ2n) is 5.78. The minimum atomic E-state index is -1.16. The van der Waals surface area contributed by atoms with E-state index in [-0.39, 0.29) is 12.4 Å². The van der Waals surface area contributed by atoms with Gasteiger partial charge in [0.05, 0.1) is 6.54 Å². The lowest BCUT2D eigenvalue weighted by Crippen LogP contribution is -2.50. The van der Waals surface area contributed by atoms with Crippen LogP contribution in [0.25, 0.3) is 0 Å². The molecule has 0 aromatic carbocycles. The zero-order valence-electron chi connectivity index (χ0n) is 13.2. The van der Waals surface area contributed by atoms with Crippen molar-refractivity contribution in [3.8, 4) is 0 Å². The Hall–Kier alpha value is -1.96. The van der Waals surface area contributed by atoms with Gasteiger partial charge in [0.15, 0.2) is 6.23 Å². The number of carbonyl (C=O) groups is 2. The van der Waals surface area contributed by atoms with Gasteiger partial charge in [-0.1, -0.05) is 13.8 Å². The molecular formula is C15H20BFN3O3. The van der Waals surface area contributed by atoms with E-state index in [0.29, 0.717) is 18.5 Å². The topological polar surface area (TPSA) is 71.5 Å². The van der Waals surface area contributed by atoms with Gasteiger partial charge in [-0.25, -0.2) is 4.39 Å². The Labute approximate surface area is 135 Å². The molecule has 2 rings (SSSR count). The molecule has 0 spiro atoms. The summed E-state index contributed by atoms with van der Waals surface area (Å²) in [7, 11) is 1.48. The van der Waals surface area contributed by atoms with Crippen molar-refractivity contribution in [1.82, 2.24) is 15.2 Å². The van der Waals surface area contributed by atoms with Crippen LogP contribution in [0.1, 0.15) is 30.6 Å². The lowest BCUT2D eigenvalue weighted by atomic mass is 9.83. The second kappa shape index (κ2) is 8.05. The SMILES string of the molecule is CC(C)[B]OC(NC(=O)c1ccncc1)C(=O)N1CCC(F)C1.